The molecule has 0 saturated heterocycles. The Morgan fingerprint density at radius 1 is 0.955 bits per heavy atom. The predicted molar refractivity (Wildman–Crippen MR) is 79.1 cm³/mol. The number of nitriles is 2. The number of rotatable bonds is 5. The monoisotopic (exact) mass is 292 g/mol. The Hall–Kier alpha value is -3.22. The van der Waals surface area contributed by atoms with Gasteiger partial charge in [-0.25, -0.2) is 0 Å². The number of aliphatic hydroxyl groups is 1. The maximum atomic E-state index is 9.09. The number of aliphatic hydroxyl groups excluding tert-OH is 1. The number of hydrogen-bond acceptors (Lipinski definition) is 6. The van der Waals surface area contributed by atoms with Crippen LogP contribution in [-0.4, -0.2) is 18.3 Å². The molecule has 6 heteroatoms. The number of hydrogen-bond donors (Lipinski definition) is 1. The summed E-state index contributed by atoms with van der Waals surface area (Å²) >= 11 is 0. The number of azo groups is 1. The van der Waals surface area contributed by atoms with Gasteiger partial charge in [0.1, 0.15) is 18.4 Å². The molecule has 0 spiro atoms. The highest BCUT2D eigenvalue weighted by Gasteiger charge is 2.04. The molecule has 0 radical (unpaired) electrons. The Bertz CT molecular complexity index is 755. The van der Waals surface area contributed by atoms with Crippen molar-refractivity contribution in [2.75, 3.05) is 13.2 Å². The van der Waals surface area contributed by atoms with Gasteiger partial charge in [0, 0.05) is 0 Å². The summed E-state index contributed by atoms with van der Waals surface area (Å²) in [6.07, 6.45) is 0. The highest BCUT2D eigenvalue weighted by Crippen LogP contribution is 2.25. The maximum Gasteiger partial charge on any atom is 0.137 e. The first-order valence-electron chi connectivity index (χ1n) is 6.46. The van der Waals surface area contributed by atoms with Gasteiger partial charge in [-0.05, 0) is 42.5 Å². The largest absolute Gasteiger partial charge is 0.490 e. The van der Waals surface area contributed by atoms with Crippen LogP contribution in [-0.2, 0) is 0 Å². The van der Waals surface area contributed by atoms with Crippen molar-refractivity contribution < 1.29 is 9.84 Å². The second-order valence-corrected chi connectivity index (χ2v) is 4.22. The molecule has 2 rings (SSSR count). The summed E-state index contributed by atoms with van der Waals surface area (Å²) in [6.45, 7) is 0.00576. The van der Waals surface area contributed by atoms with Crippen molar-refractivity contribution in [3.05, 3.63) is 53.6 Å². The highest BCUT2D eigenvalue weighted by atomic mass is 16.5. The standard InChI is InChI=1S/C16H12N4O2/c17-10-12-1-3-14(4-2-12)19-20-15-5-6-16(22-8-7-21)13(9-15)11-18/h1-6,9,21H,7-8H2/b20-19+. The zero-order valence-corrected chi connectivity index (χ0v) is 11.6. The smallest absolute Gasteiger partial charge is 0.137 e. The van der Waals surface area contributed by atoms with Crippen LogP contribution in [0.4, 0.5) is 11.4 Å². The van der Waals surface area contributed by atoms with Gasteiger partial charge in [-0.2, -0.15) is 20.8 Å². The first kappa shape index (κ1) is 15.2. The average Bonchev–Trinajstić information content (AvgIpc) is 2.58. The normalized spacial score (nSPS) is 10.1. The van der Waals surface area contributed by atoms with E-state index in [0.29, 0.717) is 28.3 Å². The van der Waals surface area contributed by atoms with Crippen molar-refractivity contribution in [3.8, 4) is 17.9 Å². The first-order valence-corrected chi connectivity index (χ1v) is 6.46. The molecule has 0 heterocycles. The summed E-state index contributed by atoms with van der Waals surface area (Å²) in [5.74, 6) is 0.397. The quantitative estimate of drug-likeness (QED) is 0.854. The zero-order chi connectivity index (χ0) is 15.8. The Labute approximate surface area is 127 Å². The van der Waals surface area contributed by atoms with Gasteiger partial charge in [-0.3, -0.25) is 0 Å². The lowest BCUT2D eigenvalue weighted by atomic mass is 10.2. The van der Waals surface area contributed by atoms with Crippen molar-refractivity contribution in [3.63, 3.8) is 0 Å². The first-order chi connectivity index (χ1) is 10.8. The van der Waals surface area contributed by atoms with Gasteiger partial charge in [-0.1, -0.05) is 0 Å². The number of ether oxygens (including phenoxy) is 1. The molecule has 22 heavy (non-hydrogen) atoms. The highest BCUT2D eigenvalue weighted by molar-refractivity contribution is 5.53. The third-order valence-corrected chi connectivity index (χ3v) is 2.71. The molecule has 0 fully saturated rings. The molecule has 0 aliphatic heterocycles. The van der Waals surface area contributed by atoms with Crippen molar-refractivity contribution in [2.24, 2.45) is 10.2 Å². The Balaban J connectivity index is 2.17. The second kappa shape index (κ2) is 7.53. The van der Waals surface area contributed by atoms with Gasteiger partial charge < -0.3 is 9.84 Å². The van der Waals surface area contributed by atoms with Crippen LogP contribution in [0, 0.1) is 22.7 Å². The lowest BCUT2D eigenvalue weighted by molar-refractivity contribution is 0.201. The van der Waals surface area contributed by atoms with Crippen LogP contribution in [0.5, 0.6) is 5.75 Å². The molecule has 2 aromatic rings. The molecular formula is C16H12N4O2. The fourth-order valence-electron chi connectivity index (χ4n) is 1.67. The maximum absolute atomic E-state index is 9.09. The fraction of sp³-hybridized carbons (Fsp3) is 0.125. The summed E-state index contributed by atoms with van der Waals surface area (Å²) in [5, 5.41) is 34.6. The van der Waals surface area contributed by atoms with E-state index < -0.39 is 0 Å². The summed E-state index contributed by atoms with van der Waals surface area (Å²) in [5.41, 5.74) is 2.00. The third kappa shape index (κ3) is 3.89. The van der Waals surface area contributed by atoms with Crippen LogP contribution in [0.1, 0.15) is 11.1 Å². The van der Waals surface area contributed by atoms with E-state index in [1.807, 2.05) is 12.1 Å². The molecule has 2 aromatic carbocycles. The molecule has 0 aromatic heterocycles. The summed E-state index contributed by atoms with van der Waals surface area (Å²) in [6, 6.07) is 15.6. The van der Waals surface area contributed by atoms with Gasteiger partial charge in [0.15, 0.2) is 0 Å². The Kier molecular flexibility index (Phi) is 5.20. The van der Waals surface area contributed by atoms with Crippen molar-refractivity contribution >= 4 is 11.4 Å². The van der Waals surface area contributed by atoms with Gasteiger partial charge in [-0.15, -0.1) is 0 Å². The molecule has 0 saturated carbocycles. The average molecular weight is 292 g/mol. The SMILES string of the molecule is N#Cc1ccc(/N=N/c2ccc(OCCO)c(C#N)c2)cc1. The predicted octanol–water partition coefficient (Wildman–Crippen LogP) is 3.22. The van der Waals surface area contributed by atoms with Crippen LogP contribution in [0.2, 0.25) is 0 Å². The van der Waals surface area contributed by atoms with E-state index in [1.165, 1.54) is 0 Å². The van der Waals surface area contributed by atoms with Crippen molar-refractivity contribution in [2.45, 2.75) is 0 Å². The number of benzene rings is 2. The van der Waals surface area contributed by atoms with Gasteiger partial charge in [0.05, 0.1) is 35.2 Å². The lowest BCUT2D eigenvalue weighted by Gasteiger charge is -2.06. The van der Waals surface area contributed by atoms with E-state index in [0.717, 1.165) is 0 Å². The minimum absolute atomic E-state index is 0.120. The molecule has 0 aliphatic rings. The van der Waals surface area contributed by atoms with Crippen LogP contribution in [0.3, 0.4) is 0 Å². The third-order valence-electron chi connectivity index (χ3n) is 2.71. The van der Waals surface area contributed by atoms with Gasteiger partial charge in [0.2, 0.25) is 0 Å². The van der Waals surface area contributed by atoms with E-state index >= 15 is 0 Å². The van der Waals surface area contributed by atoms with Crippen LogP contribution in [0.25, 0.3) is 0 Å². The van der Waals surface area contributed by atoms with E-state index in [9.17, 15) is 0 Å². The van der Waals surface area contributed by atoms with Crippen LogP contribution in [0.15, 0.2) is 52.7 Å². The van der Waals surface area contributed by atoms with Crippen LogP contribution < -0.4 is 4.74 Å². The minimum Gasteiger partial charge on any atom is -0.490 e. The summed E-state index contributed by atoms with van der Waals surface area (Å²) < 4.78 is 5.25. The van der Waals surface area contributed by atoms with E-state index in [4.69, 9.17) is 20.4 Å². The molecule has 0 atom stereocenters. The lowest BCUT2D eigenvalue weighted by Crippen LogP contribution is -2.02. The molecule has 0 unspecified atom stereocenters. The summed E-state index contributed by atoms with van der Waals surface area (Å²) in [4.78, 5) is 0. The Morgan fingerprint density at radius 2 is 1.64 bits per heavy atom. The van der Waals surface area contributed by atoms with Crippen molar-refractivity contribution in [1.82, 2.24) is 0 Å². The van der Waals surface area contributed by atoms with E-state index in [1.54, 1.807) is 42.5 Å². The van der Waals surface area contributed by atoms with Crippen LogP contribution >= 0.6 is 0 Å². The van der Waals surface area contributed by atoms with E-state index in [-0.39, 0.29) is 13.2 Å². The molecule has 1 N–H and O–H groups in total. The molecule has 0 bridgehead atoms. The molecule has 0 aliphatic carbocycles. The molecule has 0 amide bonds. The number of nitrogens with zero attached hydrogens (tertiary/aromatic N) is 4. The summed E-state index contributed by atoms with van der Waals surface area (Å²) in [7, 11) is 0. The Morgan fingerprint density at radius 3 is 2.27 bits per heavy atom. The molecule has 6 nitrogen and oxygen atoms in total. The van der Waals surface area contributed by atoms with Crippen molar-refractivity contribution in [1.29, 1.82) is 10.5 Å². The van der Waals surface area contributed by atoms with Gasteiger partial charge in [0.25, 0.3) is 0 Å². The second-order valence-electron chi connectivity index (χ2n) is 4.22. The topological polar surface area (TPSA) is 102 Å². The molecular weight excluding hydrogens is 280 g/mol. The fourth-order valence-corrected chi connectivity index (χ4v) is 1.67. The minimum atomic E-state index is -0.120. The molecule has 108 valence electrons. The van der Waals surface area contributed by atoms with E-state index in [2.05, 4.69) is 10.2 Å². The van der Waals surface area contributed by atoms with Gasteiger partial charge >= 0.3 is 0 Å². The zero-order valence-electron chi connectivity index (χ0n) is 11.6.